The third-order valence-electron chi connectivity index (χ3n) is 3.53. The lowest BCUT2D eigenvalue weighted by Crippen LogP contribution is -2.32. The molecular weight excluding hydrogens is 403 g/mol. The number of carbonyl (C=O) groups is 2. The molecule has 0 unspecified atom stereocenters. The molecule has 4 nitrogen and oxygen atoms in total. The zero-order valence-electron chi connectivity index (χ0n) is 13.1. The van der Waals surface area contributed by atoms with Crippen LogP contribution >= 0.6 is 22.6 Å². The Morgan fingerprint density at radius 1 is 1.00 bits per heavy atom. The highest BCUT2D eigenvalue weighted by Gasteiger charge is 2.16. The minimum atomic E-state index is -0.223. The molecule has 2 aromatic rings. The van der Waals surface area contributed by atoms with Gasteiger partial charge in [-0.15, -0.1) is 0 Å². The van der Waals surface area contributed by atoms with Crippen LogP contribution in [0.3, 0.4) is 0 Å². The largest absolute Gasteiger partial charge is 0.350 e. The molecule has 0 aliphatic heterocycles. The lowest BCUT2D eigenvalue weighted by atomic mass is 10.1. The van der Waals surface area contributed by atoms with Crippen molar-refractivity contribution in [2.75, 3.05) is 5.32 Å². The van der Waals surface area contributed by atoms with E-state index in [1.807, 2.05) is 32.0 Å². The molecule has 2 N–H and O–H groups in total. The van der Waals surface area contributed by atoms with E-state index in [9.17, 15) is 9.59 Å². The van der Waals surface area contributed by atoms with Crippen LogP contribution in [-0.4, -0.2) is 17.9 Å². The van der Waals surface area contributed by atoms with E-state index >= 15 is 0 Å². The monoisotopic (exact) mass is 422 g/mol. The van der Waals surface area contributed by atoms with Crippen molar-refractivity contribution in [3.63, 3.8) is 0 Å². The fourth-order valence-electron chi connectivity index (χ4n) is 2.03. The Morgan fingerprint density at radius 2 is 1.61 bits per heavy atom. The first-order valence-electron chi connectivity index (χ1n) is 7.48. The van der Waals surface area contributed by atoms with Gasteiger partial charge < -0.3 is 10.6 Å². The fraction of sp³-hybridized carbons (Fsp3) is 0.222. The molecule has 0 bridgehead atoms. The normalized spacial score (nSPS) is 11.6. The van der Waals surface area contributed by atoms with Crippen LogP contribution in [0.4, 0.5) is 5.69 Å². The second-order valence-electron chi connectivity index (χ2n) is 5.26. The van der Waals surface area contributed by atoms with Crippen LogP contribution in [0.25, 0.3) is 0 Å². The Hall–Kier alpha value is -1.89. The molecule has 0 heterocycles. The number of benzene rings is 2. The molecule has 2 aromatic carbocycles. The molecule has 0 aliphatic carbocycles. The summed E-state index contributed by atoms with van der Waals surface area (Å²) < 4.78 is 0.865. The van der Waals surface area contributed by atoms with Gasteiger partial charge in [0.05, 0.1) is 16.8 Å². The van der Waals surface area contributed by atoms with Crippen LogP contribution in [-0.2, 0) is 0 Å². The van der Waals surface area contributed by atoms with Crippen molar-refractivity contribution in [2.24, 2.45) is 0 Å². The molecule has 23 heavy (non-hydrogen) atoms. The van der Waals surface area contributed by atoms with E-state index in [0.29, 0.717) is 16.8 Å². The van der Waals surface area contributed by atoms with Crippen LogP contribution in [0.2, 0.25) is 0 Å². The highest BCUT2D eigenvalue weighted by Crippen LogP contribution is 2.18. The maximum absolute atomic E-state index is 12.4. The summed E-state index contributed by atoms with van der Waals surface area (Å²) in [6.07, 6.45) is 0.850. The number of halogens is 1. The topological polar surface area (TPSA) is 58.2 Å². The average molecular weight is 422 g/mol. The first kappa shape index (κ1) is 17.5. The molecule has 0 aliphatic rings. The number of anilines is 1. The molecule has 0 saturated heterocycles. The van der Waals surface area contributed by atoms with E-state index in [1.165, 1.54) is 0 Å². The summed E-state index contributed by atoms with van der Waals surface area (Å²) in [5.41, 5.74) is 1.57. The molecule has 0 saturated carbocycles. The van der Waals surface area contributed by atoms with Crippen LogP contribution in [0.1, 0.15) is 41.0 Å². The summed E-state index contributed by atoms with van der Waals surface area (Å²) in [5, 5.41) is 5.75. The molecule has 5 heteroatoms. The molecule has 0 aromatic heterocycles. The van der Waals surface area contributed by atoms with Gasteiger partial charge in [0.2, 0.25) is 0 Å². The van der Waals surface area contributed by atoms with Gasteiger partial charge in [0.25, 0.3) is 11.8 Å². The van der Waals surface area contributed by atoms with Gasteiger partial charge in [-0.05, 0) is 60.2 Å². The Balaban J connectivity index is 2.22. The lowest BCUT2D eigenvalue weighted by molar-refractivity contribution is 0.0940. The van der Waals surface area contributed by atoms with E-state index < -0.39 is 0 Å². The van der Waals surface area contributed by atoms with Crippen molar-refractivity contribution in [2.45, 2.75) is 26.3 Å². The van der Waals surface area contributed by atoms with Crippen molar-refractivity contribution < 1.29 is 9.59 Å². The van der Waals surface area contributed by atoms with Gasteiger partial charge in [-0.3, -0.25) is 9.59 Å². The summed E-state index contributed by atoms with van der Waals surface area (Å²) >= 11 is 2.12. The van der Waals surface area contributed by atoms with E-state index in [-0.39, 0.29) is 17.9 Å². The molecular formula is C18H19IN2O2. The number of amides is 2. The number of hydrogen-bond donors (Lipinski definition) is 2. The van der Waals surface area contributed by atoms with E-state index in [0.717, 1.165) is 9.99 Å². The van der Waals surface area contributed by atoms with Crippen LogP contribution < -0.4 is 10.6 Å². The fourth-order valence-corrected chi connectivity index (χ4v) is 2.66. The minimum absolute atomic E-state index is 0.0846. The first-order valence-corrected chi connectivity index (χ1v) is 8.56. The number of nitrogens with one attached hydrogen (secondary N) is 2. The van der Waals surface area contributed by atoms with Gasteiger partial charge in [0.1, 0.15) is 0 Å². The highest BCUT2D eigenvalue weighted by molar-refractivity contribution is 14.1. The van der Waals surface area contributed by atoms with E-state index in [4.69, 9.17) is 0 Å². The average Bonchev–Trinajstić information content (AvgIpc) is 2.55. The summed E-state index contributed by atoms with van der Waals surface area (Å²) in [6, 6.07) is 14.4. The quantitative estimate of drug-likeness (QED) is 0.714. The first-order chi connectivity index (χ1) is 11.0. The third kappa shape index (κ3) is 4.54. The number of rotatable bonds is 5. The molecule has 0 fully saturated rings. The SMILES string of the molecule is CC[C@H](C)NC(=O)c1ccccc1NC(=O)c1ccccc1I. The van der Waals surface area contributed by atoms with Crippen molar-refractivity contribution >= 4 is 40.1 Å². The van der Waals surface area contributed by atoms with E-state index in [1.54, 1.807) is 30.3 Å². The zero-order chi connectivity index (χ0) is 16.8. The summed E-state index contributed by atoms with van der Waals surface area (Å²) in [6.45, 7) is 3.96. The number of carbonyl (C=O) groups excluding carboxylic acids is 2. The van der Waals surface area contributed by atoms with Crippen molar-refractivity contribution in [3.8, 4) is 0 Å². The standard InChI is InChI=1S/C18H19IN2O2/c1-3-12(2)20-18(23)14-9-5-7-11-16(14)21-17(22)13-8-4-6-10-15(13)19/h4-12H,3H2,1-2H3,(H,20,23)(H,21,22)/t12-/m0/s1. The Morgan fingerprint density at radius 3 is 2.26 bits per heavy atom. The van der Waals surface area contributed by atoms with Crippen molar-refractivity contribution in [1.29, 1.82) is 0 Å². The summed E-state index contributed by atoms with van der Waals surface area (Å²) in [4.78, 5) is 24.8. The van der Waals surface area contributed by atoms with Crippen molar-refractivity contribution in [3.05, 3.63) is 63.2 Å². The Kier molecular flexibility index (Phi) is 6.15. The third-order valence-corrected chi connectivity index (χ3v) is 4.47. The number of para-hydroxylation sites is 1. The van der Waals surface area contributed by atoms with Crippen LogP contribution in [0.15, 0.2) is 48.5 Å². The molecule has 0 radical (unpaired) electrons. The Bertz CT molecular complexity index is 716. The maximum Gasteiger partial charge on any atom is 0.256 e. The minimum Gasteiger partial charge on any atom is -0.350 e. The number of hydrogen-bond acceptors (Lipinski definition) is 2. The summed E-state index contributed by atoms with van der Waals surface area (Å²) in [7, 11) is 0. The Labute approximate surface area is 149 Å². The molecule has 2 amide bonds. The second-order valence-corrected chi connectivity index (χ2v) is 6.42. The van der Waals surface area contributed by atoms with E-state index in [2.05, 4.69) is 33.2 Å². The summed E-state index contributed by atoms with van der Waals surface area (Å²) in [5.74, 6) is -0.406. The van der Waals surface area contributed by atoms with Gasteiger partial charge in [0, 0.05) is 9.61 Å². The molecule has 0 spiro atoms. The van der Waals surface area contributed by atoms with Gasteiger partial charge in [0.15, 0.2) is 0 Å². The van der Waals surface area contributed by atoms with Crippen LogP contribution in [0.5, 0.6) is 0 Å². The zero-order valence-corrected chi connectivity index (χ0v) is 15.3. The van der Waals surface area contributed by atoms with Crippen molar-refractivity contribution in [1.82, 2.24) is 5.32 Å². The lowest BCUT2D eigenvalue weighted by Gasteiger charge is -2.15. The van der Waals surface area contributed by atoms with Gasteiger partial charge in [-0.25, -0.2) is 0 Å². The smallest absolute Gasteiger partial charge is 0.256 e. The molecule has 120 valence electrons. The second kappa shape index (κ2) is 8.10. The predicted octanol–water partition coefficient (Wildman–Crippen LogP) is 4.07. The highest BCUT2D eigenvalue weighted by atomic mass is 127. The molecule has 1 atom stereocenters. The molecule has 2 rings (SSSR count). The van der Waals surface area contributed by atoms with Crippen LogP contribution in [0, 0.1) is 3.57 Å². The van der Waals surface area contributed by atoms with Gasteiger partial charge in [-0.2, -0.15) is 0 Å². The predicted molar refractivity (Wildman–Crippen MR) is 101 cm³/mol. The van der Waals surface area contributed by atoms with Gasteiger partial charge in [-0.1, -0.05) is 31.2 Å². The maximum atomic E-state index is 12.4. The van der Waals surface area contributed by atoms with Gasteiger partial charge >= 0.3 is 0 Å².